The van der Waals surface area contributed by atoms with Crippen LogP contribution in [0.15, 0.2) is 52.4 Å². The number of aromatic nitrogens is 3. The summed E-state index contributed by atoms with van der Waals surface area (Å²) in [6.07, 6.45) is 0.177. The first kappa shape index (κ1) is 21.4. The number of ether oxygens (including phenoxy) is 1. The molecule has 2 aromatic heterocycles. The SMILES string of the molecule is O=C(NCc1nnc(SC[C@H]2CCCO2)n1-c1cccc(C(F)(F)F)c1)c1ccoc1. The molecule has 1 atom stereocenters. The highest BCUT2D eigenvalue weighted by Gasteiger charge is 2.31. The monoisotopic (exact) mass is 452 g/mol. The van der Waals surface area contributed by atoms with Gasteiger partial charge in [-0.3, -0.25) is 9.36 Å². The van der Waals surface area contributed by atoms with Gasteiger partial charge in [0.25, 0.3) is 5.91 Å². The minimum absolute atomic E-state index is 0.0201. The lowest BCUT2D eigenvalue weighted by molar-refractivity contribution is -0.137. The number of hydrogen-bond donors (Lipinski definition) is 1. The molecule has 0 radical (unpaired) electrons. The number of carbonyl (C=O) groups is 1. The summed E-state index contributed by atoms with van der Waals surface area (Å²) in [4.78, 5) is 12.2. The summed E-state index contributed by atoms with van der Waals surface area (Å²) in [5.74, 6) is 0.533. The van der Waals surface area contributed by atoms with Crippen LogP contribution in [-0.2, 0) is 17.5 Å². The van der Waals surface area contributed by atoms with Gasteiger partial charge in [0.1, 0.15) is 6.26 Å². The summed E-state index contributed by atoms with van der Waals surface area (Å²) in [5.41, 5.74) is -0.178. The topological polar surface area (TPSA) is 82.2 Å². The van der Waals surface area contributed by atoms with E-state index in [2.05, 4.69) is 15.5 Å². The number of thioether (sulfide) groups is 1. The number of hydrogen-bond acceptors (Lipinski definition) is 6. The molecule has 1 N–H and O–H groups in total. The Bertz CT molecular complexity index is 1030. The van der Waals surface area contributed by atoms with E-state index >= 15 is 0 Å². The fourth-order valence-electron chi connectivity index (χ4n) is 3.19. The first-order valence-electron chi connectivity index (χ1n) is 9.58. The van der Waals surface area contributed by atoms with E-state index in [1.54, 1.807) is 6.07 Å². The third kappa shape index (κ3) is 5.10. The fourth-order valence-corrected chi connectivity index (χ4v) is 4.22. The number of halogens is 3. The standard InChI is InChI=1S/C20H19F3N4O3S/c21-20(22,23)14-3-1-4-15(9-14)27-17(10-24-18(28)13-6-8-29-11-13)25-26-19(27)31-12-16-5-2-7-30-16/h1,3-4,6,8-9,11,16H,2,5,7,10,12H2,(H,24,28)/t16-/m1/s1. The van der Waals surface area contributed by atoms with E-state index in [0.717, 1.165) is 25.0 Å². The molecule has 3 heterocycles. The smallest absolute Gasteiger partial charge is 0.416 e. The molecule has 1 fully saturated rings. The second-order valence-corrected chi connectivity index (χ2v) is 7.91. The number of benzene rings is 1. The van der Waals surface area contributed by atoms with Gasteiger partial charge in [-0.05, 0) is 37.1 Å². The van der Waals surface area contributed by atoms with E-state index in [4.69, 9.17) is 9.15 Å². The van der Waals surface area contributed by atoms with Gasteiger partial charge in [0.15, 0.2) is 11.0 Å². The average Bonchev–Trinajstić information content (AvgIpc) is 3.52. The van der Waals surface area contributed by atoms with E-state index in [0.29, 0.717) is 28.9 Å². The molecule has 11 heteroatoms. The molecule has 1 amide bonds. The molecule has 0 bridgehead atoms. The molecule has 1 aliphatic heterocycles. The van der Waals surface area contributed by atoms with Crippen molar-refractivity contribution in [3.8, 4) is 5.69 Å². The van der Waals surface area contributed by atoms with Gasteiger partial charge in [-0.25, -0.2) is 0 Å². The zero-order valence-electron chi connectivity index (χ0n) is 16.3. The Morgan fingerprint density at radius 1 is 1.29 bits per heavy atom. The Kier molecular flexibility index (Phi) is 6.33. The maximum atomic E-state index is 13.2. The van der Waals surface area contributed by atoms with Gasteiger partial charge in [0.05, 0.1) is 35.7 Å². The number of carbonyl (C=O) groups excluding carboxylic acids is 1. The quantitative estimate of drug-likeness (QED) is 0.544. The number of nitrogens with one attached hydrogen (secondary N) is 1. The van der Waals surface area contributed by atoms with Crippen molar-refractivity contribution in [1.29, 1.82) is 0 Å². The van der Waals surface area contributed by atoms with Crippen molar-refractivity contribution < 1.29 is 27.1 Å². The number of nitrogens with zero attached hydrogens (tertiary/aromatic N) is 3. The van der Waals surface area contributed by atoms with E-state index in [9.17, 15) is 18.0 Å². The Morgan fingerprint density at radius 3 is 2.87 bits per heavy atom. The van der Waals surface area contributed by atoms with Gasteiger partial charge in [-0.1, -0.05) is 17.8 Å². The second kappa shape index (κ2) is 9.15. The molecule has 0 saturated carbocycles. The van der Waals surface area contributed by atoms with Crippen LogP contribution < -0.4 is 5.32 Å². The number of alkyl halides is 3. The summed E-state index contributed by atoms with van der Waals surface area (Å²) in [7, 11) is 0. The molecule has 1 aliphatic rings. The summed E-state index contributed by atoms with van der Waals surface area (Å²) >= 11 is 1.36. The lowest BCUT2D eigenvalue weighted by atomic mass is 10.2. The molecule has 3 aromatic rings. The van der Waals surface area contributed by atoms with Crippen LogP contribution in [0, 0.1) is 0 Å². The lowest BCUT2D eigenvalue weighted by Gasteiger charge is -2.14. The van der Waals surface area contributed by atoms with Crippen LogP contribution in [0.1, 0.15) is 34.6 Å². The van der Waals surface area contributed by atoms with Gasteiger partial charge in [0.2, 0.25) is 0 Å². The van der Waals surface area contributed by atoms with Crippen molar-refractivity contribution in [2.24, 2.45) is 0 Å². The number of furan rings is 1. The molecule has 0 spiro atoms. The zero-order chi connectivity index (χ0) is 21.8. The van der Waals surface area contributed by atoms with Crippen molar-refractivity contribution in [2.75, 3.05) is 12.4 Å². The first-order chi connectivity index (χ1) is 14.9. The van der Waals surface area contributed by atoms with E-state index in [1.807, 2.05) is 0 Å². The highest BCUT2D eigenvalue weighted by molar-refractivity contribution is 7.99. The molecule has 31 heavy (non-hydrogen) atoms. The number of amides is 1. The molecule has 4 rings (SSSR count). The zero-order valence-corrected chi connectivity index (χ0v) is 17.1. The number of rotatable bonds is 7. The van der Waals surface area contributed by atoms with Gasteiger partial charge in [0, 0.05) is 12.4 Å². The predicted octanol–water partition coefficient (Wildman–Crippen LogP) is 4.08. The molecule has 1 aromatic carbocycles. The van der Waals surface area contributed by atoms with Crippen molar-refractivity contribution in [1.82, 2.24) is 20.1 Å². The molecular weight excluding hydrogens is 433 g/mol. The molecule has 0 unspecified atom stereocenters. The largest absolute Gasteiger partial charge is 0.472 e. The van der Waals surface area contributed by atoms with Crippen molar-refractivity contribution in [3.05, 3.63) is 59.8 Å². The maximum absolute atomic E-state index is 13.2. The van der Waals surface area contributed by atoms with Crippen molar-refractivity contribution in [2.45, 2.75) is 36.8 Å². The second-order valence-electron chi connectivity index (χ2n) is 6.92. The summed E-state index contributed by atoms with van der Waals surface area (Å²) in [6, 6.07) is 6.45. The lowest BCUT2D eigenvalue weighted by Crippen LogP contribution is -2.24. The highest BCUT2D eigenvalue weighted by Crippen LogP contribution is 2.32. The predicted molar refractivity (Wildman–Crippen MR) is 106 cm³/mol. The minimum atomic E-state index is -4.48. The normalized spacial score (nSPS) is 16.5. The van der Waals surface area contributed by atoms with E-state index in [1.165, 1.54) is 41.0 Å². The van der Waals surface area contributed by atoms with Gasteiger partial charge in [-0.15, -0.1) is 10.2 Å². The van der Waals surface area contributed by atoms with Crippen LogP contribution in [0.5, 0.6) is 0 Å². The average molecular weight is 452 g/mol. The third-order valence-electron chi connectivity index (χ3n) is 4.74. The molecule has 0 aliphatic carbocycles. The van der Waals surface area contributed by atoms with Gasteiger partial charge < -0.3 is 14.5 Å². The Hall–Kier alpha value is -2.79. The van der Waals surface area contributed by atoms with Crippen molar-refractivity contribution >= 4 is 17.7 Å². The van der Waals surface area contributed by atoms with Crippen LogP contribution in [0.4, 0.5) is 13.2 Å². The molecule has 164 valence electrons. The fraction of sp³-hybridized carbons (Fsp3) is 0.350. The third-order valence-corrected chi connectivity index (χ3v) is 5.81. The van der Waals surface area contributed by atoms with Crippen LogP contribution in [-0.4, -0.2) is 39.1 Å². The summed E-state index contributed by atoms with van der Waals surface area (Å²) in [6.45, 7) is 0.685. The van der Waals surface area contributed by atoms with Crippen LogP contribution >= 0.6 is 11.8 Å². The Balaban J connectivity index is 1.60. The van der Waals surface area contributed by atoms with Gasteiger partial charge >= 0.3 is 6.18 Å². The van der Waals surface area contributed by atoms with E-state index < -0.39 is 11.7 Å². The summed E-state index contributed by atoms with van der Waals surface area (Å²) < 4.78 is 51.8. The Labute approximate surface area is 180 Å². The molecular formula is C20H19F3N4O3S. The van der Waals surface area contributed by atoms with Crippen LogP contribution in [0.3, 0.4) is 0 Å². The Morgan fingerprint density at radius 2 is 2.16 bits per heavy atom. The molecule has 7 nitrogen and oxygen atoms in total. The molecule has 1 saturated heterocycles. The van der Waals surface area contributed by atoms with Gasteiger partial charge in [-0.2, -0.15) is 13.2 Å². The first-order valence-corrected chi connectivity index (χ1v) is 10.6. The van der Waals surface area contributed by atoms with Crippen LogP contribution in [0.25, 0.3) is 5.69 Å². The minimum Gasteiger partial charge on any atom is -0.472 e. The highest BCUT2D eigenvalue weighted by atomic mass is 32.2. The van der Waals surface area contributed by atoms with Crippen molar-refractivity contribution in [3.63, 3.8) is 0 Å². The van der Waals surface area contributed by atoms with E-state index in [-0.39, 0.29) is 24.2 Å². The maximum Gasteiger partial charge on any atom is 0.416 e. The van der Waals surface area contributed by atoms with Crippen LogP contribution in [0.2, 0.25) is 0 Å². The summed E-state index contributed by atoms with van der Waals surface area (Å²) in [5, 5.41) is 11.4.